The van der Waals surface area contributed by atoms with Gasteiger partial charge in [-0.3, -0.25) is 56.6 Å². The van der Waals surface area contributed by atoms with Gasteiger partial charge in [-0.2, -0.15) is 15.3 Å². The average molecular weight is 1720 g/mol. The highest BCUT2D eigenvalue weighted by molar-refractivity contribution is 5.72. The number of β-amino-alcohol motifs (C(OH)–C–C–N with tert-alkyl or cyclic N) is 1. The molecule has 16 aromatic rings. The number of hydrogen-bond donors (Lipinski definition) is 1. The second kappa shape index (κ2) is 35.9. The molecule has 4 saturated heterocycles. The van der Waals surface area contributed by atoms with E-state index in [0.717, 1.165) is 218 Å². The molecule has 4 aliphatic heterocycles. The number of nitrogens with zero attached hydrogens (tertiary/aromatic N) is 25. The van der Waals surface area contributed by atoms with Crippen molar-refractivity contribution in [3.05, 3.63) is 249 Å². The first-order valence-electron chi connectivity index (χ1n) is 45.5. The topological polar surface area (TPSA) is 285 Å². The van der Waals surface area contributed by atoms with Crippen molar-refractivity contribution >= 4 is 56.2 Å². The molecule has 0 bridgehead atoms. The normalized spacial score (nSPS) is 16.7. The van der Waals surface area contributed by atoms with Crippen LogP contribution in [-0.2, 0) is 6.42 Å². The zero-order valence-corrected chi connectivity index (χ0v) is 76.0. The fourth-order valence-corrected chi connectivity index (χ4v) is 19.5. The maximum atomic E-state index is 13.2. The van der Waals surface area contributed by atoms with E-state index < -0.39 is 0 Å². The fourth-order valence-electron chi connectivity index (χ4n) is 19.5. The quantitative estimate of drug-likeness (QED) is 0.106. The van der Waals surface area contributed by atoms with E-state index in [-0.39, 0.29) is 28.8 Å². The van der Waals surface area contributed by atoms with E-state index in [0.29, 0.717) is 80.3 Å². The van der Waals surface area contributed by atoms with Crippen molar-refractivity contribution in [2.45, 2.75) is 172 Å². The first-order chi connectivity index (χ1) is 61.8. The third-order valence-corrected chi connectivity index (χ3v) is 26.8. The van der Waals surface area contributed by atoms with Gasteiger partial charge < -0.3 is 34.0 Å². The molecule has 1 N–H and O–H groups in total. The van der Waals surface area contributed by atoms with Crippen LogP contribution in [0.25, 0.3) is 90.2 Å². The minimum Gasteiger partial charge on any atom is -0.395 e. The molecule has 21 rings (SSSR count). The largest absolute Gasteiger partial charge is 0.395 e. The number of anilines is 2. The van der Waals surface area contributed by atoms with Crippen molar-refractivity contribution in [3.8, 4) is 45.4 Å². The number of imidazole rings is 1. The van der Waals surface area contributed by atoms with Crippen molar-refractivity contribution in [1.29, 1.82) is 0 Å². The van der Waals surface area contributed by atoms with E-state index in [9.17, 15) is 19.2 Å². The number of aryl methyl sites for hydroxylation is 11. The first kappa shape index (κ1) is 86.1. The summed E-state index contributed by atoms with van der Waals surface area (Å²) in [6.07, 6.45) is 26.9. The molecule has 1 aliphatic carbocycles. The van der Waals surface area contributed by atoms with E-state index in [1.54, 1.807) is 46.4 Å². The number of aliphatic hydroxyl groups excluding tert-OH is 1. The van der Waals surface area contributed by atoms with Crippen molar-refractivity contribution in [1.82, 2.24) is 110 Å². The zero-order chi connectivity index (χ0) is 89.2. The molecule has 1 saturated carbocycles. The number of piperazine rings is 2. The molecule has 0 aromatic carbocycles. The summed E-state index contributed by atoms with van der Waals surface area (Å²) in [6, 6.07) is 26.2. The average Bonchev–Trinajstić information content (AvgIpc) is 1.48. The molecular formula is C98H115N25O5. The number of likely N-dealkylation sites (N-methyl/N-ethyl adjacent to an activating group) is 2. The van der Waals surface area contributed by atoms with Gasteiger partial charge in [-0.25, -0.2) is 38.5 Å². The lowest BCUT2D eigenvalue weighted by Crippen LogP contribution is -2.51. The monoisotopic (exact) mass is 1720 g/mol. The van der Waals surface area contributed by atoms with Crippen LogP contribution in [0.3, 0.4) is 0 Å². The highest BCUT2D eigenvalue weighted by Gasteiger charge is 2.32. The van der Waals surface area contributed by atoms with Crippen LogP contribution in [0.15, 0.2) is 154 Å². The molecule has 30 nitrogen and oxygen atoms in total. The summed E-state index contributed by atoms with van der Waals surface area (Å²) in [5.74, 6) is 0.921. The summed E-state index contributed by atoms with van der Waals surface area (Å²) in [5, 5.41) is 23.1. The Labute approximate surface area is 742 Å². The lowest BCUT2D eigenvalue weighted by molar-refractivity contribution is 0.0975. The van der Waals surface area contributed by atoms with E-state index in [1.165, 1.54) is 43.5 Å². The minimum absolute atomic E-state index is 0.0602. The Bertz CT molecular complexity index is 7190. The summed E-state index contributed by atoms with van der Waals surface area (Å²) < 4.78 is 14.2. The second-order valence-corrected chi connectivity index (χ2v) is 35.7. The van der Waals surface area contributed by atoms with Crippen LogP contribution in [-0.4, -0.2) is 226 Å². The van der Waals surface area contributed by atoms with Crippen LogP contribution in [0.1, 0.15) is 158 Å². The van der Waals surface area contributed by atoms with Gasteiger partial charge in [0.1, 0.15) is 45.3 Å². The Kier molecular flexibility index (Phi) is 24.2. The summed E-state index contributed by atoms with van der Waals surface area (Å²) in [6.45, 7) is 42.9. The molecular weight excluding hydrogens is 1610 g/mol. The number of pyridine rings is 5. The van der Waals surface area contributed by atoms with Gasteiger partial charge in [0.05, 0.1) is 116 Å². The molecule has 0 unspecified atom stereocenters. The fraction of sp³-hybridized carbons (Fsp3) is 0.418. The Morgan fingerprint density at radius 3 is 1.34 bits per heavy atom. The number of rotatable bonds is 14. The Morgan fingerprint density at radius 2 is 0.859 bits per heavy atom. The van der Waals surface area contributed by atoms with Crippen molar-refractivity contribution < 1.29 is 5.11 Å². The molecule has 0 amide bonds. The number of aliphatic hydroxyl groups is 1. The highest BCUT2D eigenvalue weighted by atomic mass is 16.3. The lowest BCUT2D eigenvalue weighted by Gasteiger charge is -2.42. The third kappa shape index (κ3) is 17.5. The number of fused-ring (bicyclic) bond motifs is 8. The van der Waals surface area contributed by atoms with Gasteiger partial charge in [0.2, 0.25) is 0 Å². The van der Waals surface area contributed by atoms with Crippen LogP contribution < -0.4 is 32.0 Å². The molecule has 0 spiro atoms. The van der Waals surface area contributed by atoms with Crippen molar-refractivity contribution in [2.75, 3.05) is 108 Å². The van der Waals surface area contributed by atoms with E-state index >= 15 is 0 Å². The van der Waals surface area contributed by atoms with Gasteiger partial charge in [0.15, 0.2) is 0 Å². The molecule has 16 aromatic heterocycles. The summed E-state index contributed by atoms with van der Waals surface area (Å²) in [5.41, 5.74) is 26.6. The van der Waals surface area contributed by atoms with Gasteiger partial charge in [-0.1, -0.05) is 39.3 Å². The molecule has 20 heterocycles. The number of hydrogen-bond acceptors (Lipinski definition) is 22. The Morgan fingerprint density at radius 1 is 0.391 bits per heavy atom. The van der Waals surface area contributed by atoms with Crippen LogP contribution in [0.2, 0.25) is 0 Å². The molecule has 5 aliphatic rings. The minimum atomic E-state index is -0.101. The predicted octanol–water partition coefficient (Wildman–Crippen LogP) is 12.4. The number of piperidine rings is 2. The van der Waals surface area contributed by atoms with Gasteiger partial charge in [0.25, 0.3) is 22.2 Å². The van der Waals surface area contributed by atoms with Gasteiger partial charge in [0, 0.05) is 131 Å². The van der Waals surface area contributed by atoms with Crippen LogP contribution in [0, 0.1) is 69.2 Å². The number of aromatic nitrogens is 19. The van der Waals surface area contributed by atoms with Gasteiger partial charge in [-0.05, 0) is 248 Å². The van der Waals surface area contributed by atoms with Crippen LogP contribution in [0.5, 0.6) is 0 Å². The predicted molar refractivity (Wildman–Crippen MR) is 503 cm³/mol. The summed E-state index contributed by atoms with van der Waals surface area (Å²) in [4.78, 5) is 104. The van der Waals surface area contributed by atoms with E-state index in [1.807, 2.05) is 156 Å². The summed E-state index contributed by atoms with van der Waals surface area (Å²) >= 11 is 0. The Hall–Kier alpha value is -12.6. The first-order valence-corrected chi connectivity index (χ1v) is 45.5. The second-order valence-electron chi connectivity index (χ2n) is 35.7. The van der Waals surface area contributed by atoms with Crippen LogP contribution in [0.4, 0.5) is 11.4 Å². The van der Waals surface area contributed by atoms with Crippen molar-refractivity contribution in [3.63, 3.8) is 0 Å². The van der Waals surface area contributed by atoms with Crippen molar-refractivity contribution in [2.24, 2.45) is 0 Å². The standard InChI is InChI=1S/C26H30N6O.C25H30N6O.C24H28N6O2.C23H27N7O/c1-16-11-20(19-7-9-30(10-8-19)21-5-4-6-21)15-31-25(33)13-22(28-26(16)31)23-12-24-18(3)27-17(2)14-32(24)29-23;1-5-19-11-20(15-30-13-17(3)26-25(19)30)22-12-24(32)31-16-21(7-8-23(31)27-22)29-10-9-28(6-2)18(4)14-29;1-15-10-19(18-4-6-28(7-5-18)8-9-31)14-29-23(32)12-20(26-24(15)29)21-11-22-17(3)25-16(2)13-30(22)27-21;1-5-27-6-8-28(9-7-27)18-10-15(2)23-25-19(12-22(31)29(23)14-18)20-11-21-17(4)24-16(3)13-30(21)26-20/h11-15,19,21H,4-10H2,1-3H3;7-8,11-13,15-16,18H,5-6,9-10,14H2,1-4H3;10-14,18,31H,4-9H2,1-3H3;10-14H,5-9H2,1-4H3/t;18-;;/m.1../s1. The van der Waals surface area contributed by atoms with E-state index in [4.69, 9.17) is 25.0 Å². The maximum Gasteiger partial charge on any atom is 0.258 e. The van der Waals surface area contributed by atoms with Gasteiger partial charge in [-0.15, -0.1) is 0 Å². The molecule has 0 radical (unpaired) electrons. The maximum absolute atomic E-state index is 13.2. The SMILES string of the molecule is CCN1CCN(c2cc(C)c3nc(-c4cc5c(C)nc(C)cn5n4)cc(=O)n3c2)CC1.CCc1cc(-c2cc(=O)n3cc(N4CCN(CC)[C@H](C)C4)ccc3n2)cn2cc(C)nc12.Cc1cn2nc(-c3cc(=O)n4cc(C5CCN(C6CCC6)CC5)cc(C)c4n3)cc2c(C)n1.Cc1cn2nc(-c3cc(=O)n4cc(C5CCN(CCO)CC5)cc(C)c4n3)cc2c(C)n1. The zero-order valence-electron chi connectivity index (χ0n) is 76.0. The molecule has 5 fully saturated rings. The highest BCUT2D eigenvalue weighted by Crippen LogP contribution is 2.36. The van der Waals surface area contributed by atoms with E-state index in [2.05, 4.69) is 130 Å². The summed E-state index contributed by atoms with van der Waals surface area (Å²) in [7, 11) is 0. The lowest BCUT2D eigenvalue weighted by atomic mass is 9.85. The van der Waals surface area contributed by atoms with Gasteiger partial charge >= 0.3 is 0 Å². The smallest absolute Gasteiger partial charge is 0.258 e. The molecule has 128 heavy (non-hydrogen) atoms. The number of likely N-dealkylation sites (tertiary alicyclic amines) is 2. The van der Waals surface area contributed by atoms with Crippen LogP contribution >= 0.6 is 0 Å². The molecule has 662 valence electrons. The molecule has 1 atom stereocenters. The Balaban J connectivity index is 0.000000115. The third-order valence-electron chi connectivity index (χ3n) is 26.8. The molecule has 30 heteroatoms.